The van der Waals surface area contributed by atoms with Crippen LogP contribution in [0.5, 0.6) is 0 Å². The number of hydrogen-bond acceptors (Lipinski definition) is 3. The normalized spacial score (nSPS) is 10.3. The minimum absolute atomic E-state index is 0.186. The Kier molecular flexibility index (Phi) is 4.12. The monoisotopic (exact) mass is 275 g/mol. The van der Waals surface area contributed by atoms with Crippen LogP contribution in [-0.4, -0.2) is 16.1 Å². The fourth-order valence-corrected chi connectivity index (χ4v) is 1.83. The molecule has 0 bridgehead atoms. The molecule has 0 aliphatic heterocycles. The molecule has 0 radical (unpaired) electrons. The SMILES string of the molecule is Cc1cc(C(=O)Nc2ccc(CCl)cc2)c(C)nn1. The van der Waals surface area contributed by atoms with Gasteiger partial charge in [0.25, 0.3) is 5.91 Å². The quantitative estimate of drug-likeness (QED) is 0.876. The molecule has 0 saturated carbocycles. The standard InChI is InChI=1S/C14H14ClN3O/c1-9-7-13(10(2)18-17-9)14(19)16-12-5-3-11(8-15)4-6-12/h3-7H,8H2,1-2H3,(H,16,19). The number of nitrogens with one attached hydrogen (secondary N) is 1. The number of rotatable bonds is 3. The Morgan fingerprint density at radius 1 is 1.21 bits per heavy atom. The first-order chi connectivity index (χ1) is 9.10. The van der Waals surface area contributed by atoms with Crippen molar-refractivity contribution < 1.29 is 4.79 Å². The lowest BCUT2D eigenvalue weighted by Crippen LogP contribution is -2.15. The highest BCUT2D eigenvalue weighted by atomic mass is 35.5. The van der Waals surface area contributed by atoms with Crippen LogP contribution < -0.4 is 5.32 Å². The van der Waals surface area contributed by atoms with Gasteiger partial charge in [0.05, 0.1) is 17.0 Å². The molecule has 19 heavy (non-hydrogen) atoms. The predicted octanol–water partition coefficient (Wildman–Crippen LogP) is 3.08. The second-order valence-corrected chi connectivity index (χ2v) is 4.54. The Morgan fingerprint density at radius 2 is 1.89 bits per heavy atom. The summed E-state index contributed by atoms with van der Waals surface area (Å²) in [5.74, 6) is 0.273. The van der Waals surface area contributed by atoms with Crippen LogP contribution >= 0.6 is 11.6 Å². The summed E-state index contributed by atoms with van der Waals surface area (Å²) >= 11 is 5.72. The van der Waals surface area contributed by atoms with Crippen LogP contribution in [0.15, 0.2) is 30.3 Å². The number of aromatic nitrogens is 2. The van der Waals surface area contributed by atoms with Crippen LogP contribution in [0.25, 0.3) is 0 Å². The van der Waals surface area contributed by atoms with Crippen molar-refractivity contribution in [3.63, 3.8) is 0 Å². The largest absolute Gasteiger partial charge is 0.322 e. The van der Waals surface area contributed by atoms with Crippen molar-refractivity contribution in [2.24, 2.45) is 0 Å². The molecule has 1 heterocycles. The van der Waals surface area contributed by atoms with Gasteiger partial charge in [0.15, 0.2) is 0 Å². The summed E-state index contributed by atoms with van der Waals surface area (Å²) in [5, 5.41) is 10.7. The number of anilines is 1. The van der Waals surface area contributed by atoms with Gasteiger partial charge >= 0.3 is 0 Å². The molecule has 1 aromatic carbocycles. The number of aryl methyl sites for hydroxylation is 2. The summed E-state index contributed by atoms with van der Waals surface area (Å²) in [7, 11) is 0. The highest BCUT2D eigenvalue weighted by Gasteiger charge is 2.11. The average molecular weight is 276 g/mol. The second kappa shape index (κ2) is 5.80. The van der Waals surface area contributed by atoms with Gasteiger partial charge in [0.1, 0.15) is 0 Å². The maximum absolute atomic E-state index is 12.1. The van der Waals surface area contributed by atoms with Crippen LogP contribution in [0.3, 0.4) is 0 Å². The summed E-state index contributed by atoms with van der Waals surface area (Å²) in [4.78, 5) is 12.1. The molecule has 2 aromatic rings. The molecule has 1 amide bonds. The lowest BCUT2D eigenvalue weighted by Gasteiger charge is -2.07. The number of nitrogens with zero attached hydrogens (tertiary/aromatic N) is 2. The zero-order chi connectivity index (χ0) is 13.8. The van der Waals surface area contributed by atoms with E-state index in [1.165, 1.54) is 0 Å². The van der Waals surface area contributed by atoms with Crippen molar-refractivity contribution >= 4 is 23.2 Å². The Labute approximate surface area is 116 Å². The second-order valence-electron chi connectivity index (χ2n) is 4.27. The van der Waals surface area contributed by atoms with E-state index in [9.17, 15) is 4.79 Å². The zero-order valence-corrected chi connectivity index (χ0v) is 11.5. The molecule has 2 rings (SSSR count). The molecular weight excluding hydrogens is 262 g/mol. The molecule has 0 fully saturated rings. The van der Waals surface area contributed by atoms with Crippen molar-refractivity contribution in [3.05, 3.63) is 52.8 Å². The number of amides is 1. The van der Waals surface area contributed by atoms with Crippen LogP contribution in [0.4, 0.5) is 5.69 Å². The van der Waals surface area contributed by atoms with E-state index in [1.807, 2.05) is 24.3 Å². The molecule has 4 nitrogen and oxygen atoms in total. The highest BCUT2D eigenvalue weighted by molar-refractivity contribution is 6.17. The summed E-state index contributed by atoms with van der Waals surface area (Å²) < 4.78 is 0. The number of halogens is 1. The first-order valence-electron chi connectivity index (χ1n) is 5.87. The smallest absolute Gasteiger partial charge is 0.257 e. The van der Waals surface area contributed by atoms with E-state index in [-0.39, 0.29) is 5.91 Å². The van der Waals surface area contributed by atoms with Crippen LogP contribution in [0.1, 0.15) is 27.3 Å². The highest BCUT2D eigenvalue weighted by Crippen LogP contribution is 2.13. The van der Waals surface area contributed by atoms with Gasteiger partial charge in [-0.1, -0.05) is 12.1 Å². The van der Waals surface area contributed by atoms with Crippen LogP contribution in [-0.2, 0) is 5.88 Å². The Bertz CT molecular complexity index is 596. The summed E-state index contributed by atoms with van der Waals surface area (Å²) in [6.07, 6.45) is 0. The van der Waals surface area contributed by atoms with Crippen molar-refractivity contribution in [2.75, 3.05) is 5.32 Å². The van der Waals surface area contributed by atoms with E-state index in [0.717, 1.165) is 11.3 Å². The Hall–Kier alpha value is -1.94. The van der Waals surface area contributed by atoms with Crippen LogP contribution in [0.2, 0.25) is 0 Å². The van der Waals surface area contributed by atoms with Gasteiger partial charge in [-0.3, -0.25) is 4.79 Å². The molecule has 1 N–H and O–H groups in total. The lowest BCUT2D eigenvalue weighted by molar-refractivity contribution is 0.102. The van der Waals surface area contributed by atoms with Crippen LogP contribution in [0, 0.1) is 13.8 Å². The van der Waals surface area contributed by atoms with Crippen molar-refractivity contribution in [2.45, 2.75) is 19.7 Å². The van der Waals surface area contributed by atoms with E-state index in [4.69, 9.17) is 11.6 Å². The fourth-order valence-electron chi connectivity index (χ4n) is 1.66. The van der Waals surface area contributed by atoms with Gasteiger partial charge in [-0.2, -0.15) is 10.2 Å². The van der Waals surface area contributed by atoms with Gasteiger partial charge in [-0.05, 0) is 37.6 Å². The molecule has 0 aliphatic carbocycles. The van der Waals surface area contributed by atoms with E-state index < -0.39 is 0 Å². The van der Waals surface area contributed by atoms with E-state index in [1.54, 1.807) is 19.9 Å². The van der Waals surface area contributed by atoms with Crippen molar-refractivity contribution in [1.82, 2.24) is 10.2 Å². The van der Waals surface area contributed by atoms with E-state index in [0.29, 0.717) is 22.8 Å². The molecule has 0 aliphatic rings. The van der Waals surface area contributed by atoms with Gasteiger partial charge in [0, 0.05) is 11.6 Å². The molecule has 0 atom stereocenters. The third-order valence-electron chi connectivity index (χ3n) is 2.71. The third kappa shape index (κ3) is 3.29. The van der Waals surface area contributed by atoms with E-state index in [2.05, 4.69) is 15.5 Å². The topological polar surface area (TPSA) is 54.9 Å². The maximum atomic E-state index is 12.1. The number of carbonyl (C=O) groups is 1. The molecule has 5 heteroatoms. The number of alkyl halides is 1. The fraction of sp³-hybridized carbons (Fsp3) is 0.214. The van der Waals surface area contributed by atoms with Gasteiger partial charge in [0.2, 0.25) is 0 Å². The lowest BCUT2D eigenvalue weighted by atomic mass is 10.1. The third-order valence-corrected chi connectivity index (χ3v) is 3.02. The molecule has 0 spiro atoms. The maximum Gasteiger partial charge on any atom is 0.257 e. The predicted molar refractivity (Wildman–Crippen MR) is 75.5 cm³/mol. The Morgan fingerprint density at radius 3 is 2.53 bits per heavy atom. The van der Waals surface area contributed by atoms with Crippen molar-refractivity contribution in [1.29, 1.82) is 0 Å². The van der Waals surface area contributed by atoms with Gasteiger partial charge in [-0.15, -0.1) is 11.6 Å². The first-order valence-corrected chi connectivity index (χ1v) is 6.41. The number of carbonyl (C=O) groups excluding carboxylic acids is 1. The van der Waals surface area contributed by atoms with Crippen molar-refractivity contribution in [3.8, 4) is 0 Å². The first kappa shape index (κ1) is 13.5. The molecule has 0 saturated heterocycles. The molecule has 1 aromatic heterocycles. The molecular formula is C14H14ClN3O. The van der Waals surface area contributed by atoms with Gasteiger partial charge < -0.3 is 5.32 Å². The van der Waals surface area contributed by atoms with E-state index >= 15 is 0 Å². The zero-order valence-electron chi connectivity index (χ0n) is 10.8. The summed E-state index contributed by atoms with van der Waals surface area (Å²) in [6.45, 7) is 3.57. The van der Waals surface area contributed by atoms with Gasteiger partial charge in [-0.25, -0.2) is 0 Å². The number of benzene rings is 1. The molecule has 0 unspecified atom stereocenters. The average Bonchev–Trinajstić information content (AvgIpc) is 2.42. The molecule has 98 valence electrons. The Balaban J connectivity index is 2.18. The number of hydrogen-bond donors (Lipinski definition) is 1. The minimum Gasteiger partial charge on any atom is -0.322 e. The minimum atomic E-state index is -0.186. The summed E-state index contributed by atoms with van der Waals surface area (Å²) in [5.41, 5.74) is 3.60. The summed E-state index contributed by atoms with van der Waals surface area (Å²) in [6, 6.07) is 9.14.